The first kappa shape index (κ1) is 27.7. The Balaban J connectivity index is 1.22. The SMILES string of the molecule is CCOc1ncc(N2CCc3c(C(F)(F)F)ccc(N4CCN(C(=O)Cn5cnc6cccnc65)[C@@H](C)C4)c3C2)cn1. The minimum atomic E-state index is -4.45. The molecule has 3 aromatic heterocycles. The van der Waals surface area contributed by atoms with Crippen LogP contribution in [0.25, 0.3) is 11.2 Å². The van der Waals surface area contributed by atoms with E-state index in [1.807, 2.05) is 29.7 Å². The first-order valence-corrected chi connectivity index (χ1v) is 13.9. The molecule has 4 aromatic rings. The summed E-state index contributed by atoms with van der Waals surface area (Å²) >= 11 is 0. The molecular formula is C29H31F3N8O2. The third-order valence-electron chi connectivity index (χ3n) is 7.91. The number of nitrogens with zero attached hydrogens (tertiary/aromatic N) is 8. The predicted molar refractivity (Wildman–Crippen MR) is 150 cm³/mol. The van der Waals surface area contributed by atoms with Gasteiger partial charge in [-0.15, -0.1) is 0 Å². The second-order valence-corrected chi connectivity index (χ2v) is 10.5. The quantitative estimate of drug-likeness (QED) is 0.339. The van der Waals surface area contributed by atoms with E-state index in [1.54, 1.807) is 41.6 Å². The molecule has 1 fully saturated rings. The molecule has 2 aliphatic heterocycles. The van der Waals surface area contributed by atoms with Gasteiger partial charge in [0.2, 0.25) is 5.91 Å². The van der Waals surface area contributed by atoms with Crippen molar-refractivity contribution in [1.82, 2.24) is 29.4 Å². The minimum absolute atomic E-state index is 0.0526. The molecule has 5 heterocycles. The largest absolute Gasteiger partial charge is 0.464 e. The van der Waals surface area contributed by atoms with E-state index in [9.17, 15) is 18.0 Å². The fourth-order valence-corrected chi connectivity index (χ4v) is 5.91. The van der Waals surface area contributed by atoms with Gasteiger partial charge in [0.25, 0.3) is 0 Å². The van der Waals surface area contributed by atoms with Crippen molar-refractivity contribution in [3.63, 3.8) is 0 Å². The van der Waals surface area contributed by atoms with E-state index < -0.39 is 11.7 Å². The maximum Gasteiger partial charge on any atom is 0.416 e. The summed E-state index contributed by atoms with van der Waals surface area (Å²) in [5.41, 5.74) is 3.24. The van der Waals surface area contributed by atoms with Crippen molar-refractivity contribution in [3.8, 4) is 6.01 Å². The Labute approximate surface area is 240 Å². The van der Waals surface area contributed by atoms with Gasteiger partial charge in [0.1, 0.15) is 12.1 Å². The number of carbonyl (C=O) groups is 1. The van der Waals surface area contributed by atoms with Gasteiger partial charge in [-0.2, -0.15) is 13.2 Å². The Morgan fingerprint density at radius 3 is 2.57 bits per heavy atom. The van der Waals surface area contributed by atoms with Crippen LogP contribution in [0.5, 0.6) is 6.01 Å². The lowest BCUT2D eigenvalue weighted by atomic mass is 9.91. The molecular weight excluding hydrogens is 549 g/mol. The Hall–Kier alpha value is -4.42. The van der Waals surface area contributed by atoms with Crippen LogP contribution in [0, 0.1) is 0 Å². The van der Waals surface area contributed by atoms with Gasteiger partial charge in [-0.1, -0.05) is 0 Å². The molecule has 0 saturated carbocycles. The number of amides is 1. The molecule has 1 aromatic carbocycles. The lowest BCUT2D eigenvalue weighted by Crippen LogP contribution is -2.55. The maximum atomic E-state index is 14.0. The summed E-state index contributed by atoms with van der Waals surface area (Å²) < 4.78 is 49.1. The van der Waals surface area contributed by atoms with Gasteiger partial charge in [-0.25, -0.2) is 19.9 Å². The Morgan fingerprint density at radius 2 is 1.83 bits per heavy atom. The summed E-state index contributed by atoms with van der Waals surface area (Å²) in [7, 11) is 0. The standard InChI is InChI=1S/C29H31F3N8O2/c1-3-42-28-34-13-20(14-35-28)37-10-8-21-22(16-37)25(7-6-23(21)29(30,31)32)38-11-12-40(19(2)15-38)26(41)17-39-18-36-24-5-4-9-33-27(24)39/h4-7,9,13-14,18-19H,3,8,10-12,15-17H2,1-2H3/t19-/m0/s1. The van der Waals surface area contributed by atoms with Crippen LogP contribution >= 0.6 is 0 Å². The molecule has 2 aliphatic rings. The number of anilines is 2. The number of hydrogen-bond donors (Lipinski definition) is 0. The van der Waals surface area contributed by atoms with E-state index in [0.29, 0.717) is 56.1 Å². The fraction of sp³-hybridized carbons (Fsp3) is 0.414. The Morgan fingerprint density at radius 1 is 1.02 bits per heavy atom. The summed E-state index contributed by atoms with van der Waals surface area (Å²) in [4.78, 5) is 36.3. The molecule has 220 valence electrons. The molecule has 0 spiro atoms. The number of aromatic nitrogens is 5. The number of hydrogen-bond acceptors (Lipinski definition) is 8. The number of halogens is 3. The first-order valence-electron chi connectivity index (χ1n) is 13.9. The maximum absolute atomic E-state index is 14.0. The Kier molecular flexibility index (Phi) is 7.33. The highest BCUT2D eigenvalue weighted by Crippen LogP contribution is 2.40. The van der Waals surface area contributed by atoms with Gasteiger partial charge >= 0.3 is 12.2 Å². The van der Waals surface area contributed by atoms with Crippen LogP contribution in [0.4, 0.5) is 24.5 Å². The zero-order valence-corrected chi connectivity index (χ0v) is 23.4. The summed E-state index contributed by atoms with van der Waals surface area (Å²) in [6.45, 7) is 6.52. The second-order valence-electron chi connectivity index (χ2n) is 10.5. The molecule has 0 aliphatic carbocycles. The number of fused-ring (bicyclic) bond motifs is 2. The number of rotatable bonds is 6. The summed E-state index contributed by atoms with van der Waals surface area (Å²) in [5.74, 6) is -0.0526. The number of ether oxygens (including phenoxy) is 1. The normalized spacial score (nSPS) is 17.5. The zero-order valence-electron chi connectivity index (χ0n) is 23.4. The van der Waals surface area contributed by atoms with E-state index in [-0.39, 0.29) is 30.9 Å². The van der Waals surface area contributed by atoms with E-state index in [2.05, 4.69) is 24.8 Å². The van der Waals surface area contributed by atoms with Crippen molar-refractivity contribution in [2.24, 2.45) is 0 Å². The van der Waals surface area contributed by atoms with Crippen LogP contribution < -0.4 is 14.5 Å². The molecule has 10 nitrogen and oxygen atoms in total. The highest BCUT2D eigenvalue weighted by molar-refractivity contribution is 5.79. The minimum Gasteiger partial charge on any atom is -0.464 e. The van der Waals surface area contributed by atoms with Crippen LogP contribution in [-0.4, -0.2) is 74.1 Å². The van der Waals surface area contributed by atoms with Crippen LogP contribution in [-0.2, 0) is 30.5 Å². The molecule has 1 atom stereocenters. The highest BCUT2D eigenvalue weighted by atomic mass is 19.4. The molecule has 1 amide bonds. The van der Waals surface area contributed by atoms with Crippen molar-refractivity contribution in [2.75, 3.05) is 42.6 Å². The number of imidazole rings is 1. The fourth-order valence-electron chi connectivity index (χ4n) is 5.91. The number of piperazine rings is 1. The van der Waals surface area contributed by atoms with Gasteiger partial charge in [0, 0.05) is 50.6 Å². The highest BCUT2D eigenvalue weighted by Gasteiger charge is 2.38. The van der Waals surface area contributed by atoms with E-state index >= 15 is 0 Å². The molecule has 6 rings (SSSR count). The number of benzene rings is 1. The van der Waals surface area contributed by atoms with Crippen LogP contribution in [0.15, 0.2) is 49.2 Å². The third kappa shape index (κ3) is 5.30. The van der Waals surface area contributed by atoms with Crippen LogP contribution in [0.3, 0.4) is 0 Å². The second kappa shape index (κ2) is 11.1. The van der Waals surface area contributed by atoms with Gasteiger partial charge in [-0.05, 0) is 55.7 Å². The average Bonchev–Trinajstić information content (AvgIpc) is 3.39. The van der Waals surface area contributed by atoms with Gasteiger partial charge in [-0.3, -0.25) is 4.79 Å². The van der Waals surface area contributed by atoms with Crippen molar-refractivity contribution in [1.29, 1.82) is 0 Å². The average molecular weight is 581 g/mol. The van der Waals surface area contributed by atoms with Gasteiger partial charge in [0.05, 0.1) is 36.6 Å². The van der Waals surface area contributed by atoms with Crippen molar-refractivity contribution < 1.29 is 22.7 Å². The molecule has 42 heavy (non-hydrogen) atoms. The van der Waals surface area contributed by atoms with Crippen molar-refractivity contribution >= 4 is 28.4 Å². The van der Waals surface area contributed by atoms with Crippen molar-refractivity contribution in [2.45, 2.75) is 45.6 Å². The van der Waals surface area contributed by atoms with Gasteiger partial charge < -0.3 is 24.0 Å². The number of pyridine rings is 1. The molecule has 0 radical (unpaired) electrons. The molecule has 13 heteroatoms. The van der Waals surface area contributed by atoms with E-state index in [1.165, 1.54) is 6.07 Å². The van der Waals surface area contributed by atoms with Crippen LogP contribution in [0.1, 0.15) is 30.5 Å². The summed E-state index contributed by atoms with van der Waals surface area (Å²) in [6, 6.07) is 6.54. The lowest BCUT2D eigenvalue weighted by Gasteiger charge is -2.43. The van der Waals surface area contributed by atoms with Crippen molar-refractivity contribution in [3.05, 3.63) is 65.9 Å². The predicted octanol–water partition coefficient (Wildman–Crippen LogP) is 3.94. The summed E-state index contributed by atoms with van der Waals surface area (Å²) in [6.07, 6.45) is 2.36. The third-order valence-corrected chi connectivity index (χ3v) is 7.91. The van der Waals surface area contributed by atoms with E-state index in [4.69, 9.17) is 4.74 Å². The smallest absolute Gasteiger partial charge is 0.416 e. The topological polar surface area (TPSA) is 92.5 Å². The van der Waals surface area contributed by atoms with E-state index in [0.717, 1.165) is 16.9 Å². The molecule has 0 bridgehead atoms. The molecule has 0 N–H and O–H groups in total. The first-order chi connectivity index (χ1) is 20.2. The monoisotopic (exact) mass is 580 g/mol. The van der Waals surface area contributed by atoms with Crippen LogP contribution in [0.2, 0.25) is 0 Å². The number of carbonyl (C=O) groups excluding carboxylic acids is 1. The van der Waals surface area contributed by atoms with Gasteiger partial charge in [0.15, 0.2) is 5.65 Å². The molecule has 1 saturated heterocycles. The zero-order chi connectivity index (χ0) is 29.4. The summed E-state index contributed by atoms with van der Waals surface area (Å²) in [5, 5.41) is 0. The molecule has 0 unspecified atom stereocenters. The number of alkyl halides is 3. The lowest BCUT2D eigenvalue weighted by molar-refractivity contribution is -0.138. The Bertz CT molecular complexity index is 1590.